The average molecular weight is 402 g/mol. The van der Waals surface area contributed by atoms with Crippen molar-refractivity contribution in [2.45, 2.75) is 0 Å². The molecule has 0 aromatic rings. The predicted molar refractivity (Wildman–Crippen MR) is 31.6 cm³/mol. The SMILES string of the molecule is O.O.O.O.O.[BiH3].[O]=[V](=[O])[OH]. The van der Waals surface area contributed by atoms with Gasteiger partial charge >= 0.3 is 53.0 Å². The minimum absolute atomic E-state index is 0. The van der Waals surface area contributed by atoms with Crippen LogP contribution in [0.5, 0.6) is 0 Å². The number of hydrogen-bond acceptors (Lipinski definition) is 2. The molecule has 0 atom stereocenters. The summed E-state index contributed by atoms with van der Waals surface area (Å²) in [7, 11) is 0. The van der Waals surface area contributed by atoms with Gasteiger partial charge in [-0.1, -0.05) is 0 Å². The van der Waals surface area contributed by atoms with Gasteiger partial charge in [-0.3, -0.25) is 0 Å². The molecule has 0 aromatic heterocycles. The van der Waals surface area contributed by atoms with E-state index in [2.05, 4.69) is 0 Å². The van der Waals surface area contributed by atoms with Crippen molar-refractivity contribution in [1.82, 2.24) is 0 Å². The second-order valence-electron chi connectivity index (χ2n) is 0.238. The van der Waals surface area contributed by atoms with Gasteiger partial charge in [0.25, 0.3) is 0 Å². The molecule has 0 radical (unpaired) electrons. The molecule has 0 saturated heterocycles. The summed E-state index contributed by atoms with van der Waals surface area (Å²) in [6.07, 6.45) is 0. The number of hydrogen-bond donors (Lipinski definition) is 1. The van der Waals surface area contributed by atoms with Gasteiger partial charge in [-0.15, -0.1) is 0 Å². The third kappa shape index (κ3) is 790. The first-order chi connectivity index (χ1) is 1.73. The number of rotatable bonds is 0. The van der Waals surface area contributed by atoms with Crippen LogP contribution in [0.3, 0.4) is 0 Å². The van der Waals surface area contributed by atoms with Crippen molar-refractivity contribution in [3.8, 4) is 0 Å². The molecular formula is H14BiO8V. The normalized spacial score (nSPS) is 2.50. The van der Waals surface area contributed by atoms with E-state index < -0.39 is 15.4 Å². The molecule has 0 bridgehead atoms. The van der Waals surface area contributed by atoms with Crippen LogP contribution in [0.15, 0.2) is 0 Å². The van der Waals surface area contributed by atoms with E-state index in [1.807, 2.05) is 0 Å². The summed E-state index contributed by atoms with van der Waals surface area (Å²) in [5.74, 6) is 0. The third-order valence-electron chi connectivity index (χ3n) is 0. The second kappa shape index (κ2) is 52.3. The molecular weight excluding hydrogens is 388 g/mol. The molecule has 0 heterocycles. The summed E-state index contributed by atoms with van der Waals surface area (Å²) in [5.41, 5.74) is 0. The zero-order valence-corrected chi connectivity index (χ0v) is 11.8. The summed E-state index contributed by atoms with van der Waals surface area (Å²) in [6, 6.07) is 0. The molecule has 0 saturated carbocycles. The first-order valence-electron chi connectivity index (χ1n) is 0.565. The molecule has 0 spiro atoms. The molecule has 0 aliphatic heterocycles. The maximum atomic E-state index is 8.67. The van der Waals surface area contributed by atoms with Crippen LogP contribution in [0.2, 0.25) is 0 Å². The van der Waals surface area contributed by atoms with Gasteiger partial charge in [0.05, 0.1) is 0 Å². The van der Waals surface area contributed by atoms with Crippen molar-refractivity contribution in [2.24, 2.45) is 0 Å². The molecule has 0 aromatic carbocycles. The van der Waals surface area contributed by atoms with E-state index in [0.717, 1.165) is 0 Å². The Morgan fingerprint density at radius 1 is 0.800 bits per heavy atom. The van der Waals surface area contributed by atoms with E-state index in [1.54, 1.807) is 0 Å². The Morgan fingerprint density at radius 2 is 0.800 bits per heavy atom. The van der Waals surface area contributed by atoms with Crippen molar-refractivity contribution in [3.05, 3.63) is 0 Å². The first-order valence-corrected chi connectivity index (χ1v) is 2.33. The van der Waals surface area contributed by atoms with Crippen molar-refractivity contribution in [3.63, 3.8) is 0 Å². The monoisotopic (exact) mass is 402 g/mol. The van der Waals surface area contributed by atoms with Crippen LogP contribution in [0.25, 0.3) is 0 Å². The summed E-state index contributed by atoms with van der Waals surface area (Å²) in [4.78, 5) is 0. The standard InChI is InChI=1S/Bi.6H2O.2O.V.3H/h;6*1H2;;;;;;/q;;;;;;;;;+1;;;/p-1. The topological polar surface area (TPSA) is 212 Å². The molecule has 0 rings (SSSR count). The molecule has 72 valence electrons. The molecule has 0 aliphatic rings. The van der Waals surface area contributed by atoms with Crippen molar-refractivity contribution in [2.75, 3.05) is 0 Å². The van der Waals surface area contributed by atoms with Gasteiger partial charge in [0, 0.05) is 0 Å². The van der Waals surface area contributed by atoms with Crippen LogP contribution in [0, 0.1) is 0 Å². The summed E-state index contributed by atoms with van der Waals surface area (Å²) >= 11 is -3.69. The van der Waals surface area contributed by atoms with E-state index >= 15 is 0 Å². The van der Waals surface area contributed by atoms with E-state index in [4.69, 9.17) is 11.4 Å². The third-order valence-corrected chi connectivity index (χ3v) is 0. The maximum absolute atomic E-state index is 8.67. The van der Waals surface area contributed by atoms with Gasteiger partial charge in [-0.25, -0.2) is 0 Å². The average Bonchev–Trinajstić information content (AvgIpc) is 0.811. The minimum atomic E-state index is -3.69. The van der Waals surface area contributed by atoms with E-state index in [0.29, 0.717) is 0 Å². The van der Waals surface area contributed by atoms with Crippen LogP contribution < -0.4 is 0 Å². The van der Waals surface area contributed by atoms with E-state index in [-0.39, 0.29) is 53.6 Å². The fourth-order valence-corrected chi connectivity index (χ4v) is 0. The van der Waals surface area contributed by atoms with Gasteiger partial charge in [0.15, 0.2) is 0 Å². The zero-order valence-electron chi connectivity index (χ0n) is 4.92. The Labute approximate surface area is 80.3 Å². The van der Waals surface area contributed by atoms with Gasteiger partial charge in [-0.2, -0.15) is 0 Å². The molecule has 0 unspecified atom stereocenters. The van der Waals surface area contributed by atoms with Gasteiger partial charge in [0.2, 0.25) is 0 Å². The summed E-state index contributed by atoms with van der Waals surface area (Å²) in [5, 5.41) is 0. The van der Waals surface area contributed by atoms with Gasteiger partial charge < -0.3 is 27.4 Å². The van der Waals surface area contributed by atoms with E-state index in [9.17, 15) is 0 Å². The molecule has 0 aliphatic carbocycles. The van der Waals surface area contributed by atoms with Crippen LogP contribution in [-0.2, 0) is 22.7 Å². The van der Waals surface area contributed by atoms with Crippen molar-refractivity contribution < 1.29 is 54.2 Å². The Kier molecular flexibility index (Phi) is 373. The quantitative estimate of drug-likeness (QED) is 0.392. The molecule has 0 amide bonds. The second-order valence-corrected chi connectivity index (χ2v) is 0.981. The fraction of sp³-hybridized carbons (Fsp3) is 0. The molecule has 8 nitrogen and oxygen atoms in total. The van der Waals surface area contributed by atoms with Crippen molar-refractivity contribution >= 4 is 26.2 Å². The zero-order chi connectivity index (χ0) is 3.58. The molecule has 0 fully saturated rings. The van der Waals surface area contributed by atoms with Gasteiger partial charge in [0.1, 0.15) is 0 Å². The van der Waals surface area contributed by atoms with Crippen LogP contribution in [-0.4, -0.2) is 57.6 Å². The molecule has 11 N–H and O–H groups in total. The Morgan fingerprint density at radius 3 is 0.800 bits per heavy atom. The summed E-state index contributed by atoms with van der Waals surface area (Å²) in [6.45, 7) is 0. The predicted octanol–water partition coefficient (Wildman–Crippen LogP) is -6.10. The first kappa shape index (κ1) is 71.4. The van der Waals surface area contributed by atoms with Gasteiger partial charge in [-0.05, 0) is 0 Å². The van der Waals surface area contributed by atoms with E-state index in [1.165, 1.54) is 0 Å². The van der Waals surface area contributed by atoms with Crippen LogP contribution >= 0.6 is 0 Å². The fourth-order valence-electron chi connectivity index (χ4n) is 0. The summed E-state index contributed by atoms with van der Waals surface area (Å²) < 4.78 is 24.4. The van der Waals surface area contributed by atoms with Crippen molar-refractivity contribution in [1.29, 1.82) is 0 Å². The Balaban J connectivity index is -0.00000000300. The van der Waals surface area contributed by atoms with Crippen LogP contribution in [0.4, 0.5) is 0 Å². The molecule has 10 heteroatoms. The Bertz CT molecular complexity index is 57.7. The molecule has 10 heavy (non-hydrogen) atoms. The van der Waals surface area contributed by atoms with Crippen LogP contribution in [0.1, 0.15) is 0 Å². The Hall–Kier alpha value is 0.828.